The van der Waals surface area contributed by atoms with E-state index >= 15 is 0 Å². The number of hydrogen-bond donors (Lipinski definition) is 2. The molecule has 1 saturated heterocycles. The van der Waals surface area contributed by atoms with Gasteiger partial charge in [-0.25, -0.2) is 4.79 Å². The largest absolute Gasteiger partial charge is 0.465 e. The Morgan fingerprint density at radius 2 is 2.00 bits per heavy atom. The molecule has 1 aliphatic rings. The summed E-state index contributed by atoms with van der Waals surface area (Å²) >= 11 is 3.13. The molecule has 1 rings (SSSR count). The van der Waals surface area contributed by atoms with Crippen LogP contribution in [0.1, 0.15) is 20.8 Å². The van der Waals surface area contributed by atoms with Gasteiger partial charge in [0.25, 0.3) is 0 Å². The molecule has 1 aliphatic heterocycles. The first-order chi connectivity index (χ1) is 8.25. The molecule has 0 saturated carbocycles. The van der Waals surface area contributed by atoms with Gasteiger partial charge in [-0.05, 0) is 20.8 Å². The molecule has 0 bridgehead atoms. The van der Waals surface area contributed by atoms with Gasteiger partial charge in [0.1, 0.15) is 6.17 Å². The molecule has 2 amide bonds. The minimum Gasteiger partial charge on any atom is -0.465 e. The van der Waals surface area contributed by atoms with E-state index in [4.69, 9.17) is 5.11 Å². The average molecular weight is 322 g/mol. The second-order valence-electron chi connectivity index (χ2n) is 5.30. The third kappa shape index (κ3) is 3.84. The molecule has 18 heavy (non-hydrogen) atoms. The number of carboxylic acid groups (broad SMARTS) is 1. The van der Waals surface area contributed by atoms with Crippen LogP contribution in [0.2, 0.25) is 0 Å². The van der Waals surface area contributed by atoms with E-state index in [9.17, 15) is 9.59 Å². The molecule has 0 aromatic carbocycles. The van der Waals surface area contributed by atoms with E-state index in [0.29, 0.717) is 19.6 Å². The molecular weight excluding hydrogens is 302 g/mol. The van der Waals surface area contributed by atoms with E-state index in [1.165, 1.54) is 0 Å². The fourth-order valence-electron chi connectivity index (χ4n) is 2.16. The Hall–Kier alpha value is -0.820. The minimum absolute atomic E-state index is 0.0132. The van der Waals surface area contributed by atoms with Crippen molar-refractivity contribution in [3.05, 3.63) is 0 Å². The second-order valence-corrected chi connectivity index (χ2v) is 5.86. The van der Waals surface area contributed by atoms with Crippen molar-refractivity contribution in [2.75, 3.05) is 25.0 Å². The normalized spacial score (nSPS) is 21.8. The summed E-state index contributed by atoms with van der Waals surface area (Å²) in [5.41, 5.74) is -0.142. The van der Waals surface area contributed by atoms with Crippen molar-refractivity contribution in [2.45, 2.75) is 32.5 Å². The quantitative estimate of drug-likeness (QED) is 0.742. The summed E-state index contributed by atoms with van der Waals surface area (Å²) in [6.07, 6.45) is -1.43. The molecule has 2 N–H and O–H groups in total. The first kappa shape index (κ1) is 15.2. The van der Waals surface area contributed by atoms with Gasteiger partial charge in [-0.1, -0.05) is 15.9 Å². The highest BCUT2D eigenvalue weighted by molar-refractivity contribution is 9.09. The van der Waals surface area contributed by atoms with Crippen LogP contribution < -0.4 is 5.32 Å². The lowest BCUT2D eigenvalue weighted by atomic mass is 10.0. The van der Waals surface area contributed by atoms with Crippen molar-refractivity contribution in [1.82, 2.24) is 15.1 Å². The van der Waals surface area contributed by atoms with Crippen molar-refractivity contribution < 1.29 is 14.7 Å². The summed E-state index contributed by atoms with van der Waals surface area (Å²) in [4.78, 5) is 26.2. The Morgan fingerprint density at radius 1 is 1.39 bits per heavy atom. The Kier molecular flexibility index (Phi) is 4.98. The zero-order valence-electron chi connectivity index (χ0n) is 10.9. The maximum Gasteiger partial charge on any atom is 0.405 e. The summed E-state index contributed by atoms with van der Waals surface area (Å²) in [6.45, 7) is 7.77. The van der Waals surface area contributed by atoms with Crippen molar-refractivity contribution in [3.8, 4) is 0 Å². The first-order valence-corrected chi connectivity index (χ1v) is 6.98. The van der Waals surface area contributed by atoms with Crippen LogP contribution in [0.25, 0.3) is 0 Å². The van der Waals surface area contributed by atoms with Crippen molar-refractivity contribution in [2.24, 2.45) is 0 Å². The number of rotatable bonds is 2. The lowest BCUT2D eigenvalue weighted by Gasteiger charge is -2.47. The maximum absolute atomic E-state index is 11.6. The van der Waals surface area contributed by atoms with Gasteiger partial charge in [-0.15, -0.1) is 0 Å². The van der Waals surface area contributed by atoms with E-state index in [0.717, 1.165) is 0 Å². The van der Waals surface area contributed by atoms with Crippen LogP contribution in [0.5, 0.6) is 0 Å². The topological polar surface area (TPSA) is 72.9 Å². The van der Waals surface area contributed by atoms with Crippen molar-refractivity contribution in [1.29, 1.82) is 0 Å². The number of alkyl halides is 1. The molecule has 1 unspecified atom stereocenters. The van der Waals surface area contributed by atoms with Gasteiger partial charge >= 0.3 is 6.09 Å². The van der Waals surface area contributed by atoms with Gasteiger partial charge in [0.05, 0.1) is 11.9 Å². The average Bonchev–Trinajstić information content (AvgIpc) is 2.25. The number of piperazine rings is 1. The van der Waals surface area contributed by atoms with E-state index in [-0.39, 0.29) is 22.9 Å². The van der Waals surface area contributed by atoms with E-state index < -0.39 is 6.09 Å². The Labute approximate surface area is 115 Å². The number of halogens is 1. The third-order valence-electron chi connectivity index (χ3n) is 3.00. The van der Waals surface area contributed by atoms with Gasteiger partial charge in [0, 0.05) is 18.6 Å². The highest BCUT2D eigenvalue weighted by Gasteiger charge is 2.35. The van der Waals surface area contributed by atoms with Crippen LogP contribution >= 0.6 is 15.9 Å². The van der Waals surface area contributed by atoms with Crippen LogP contribution in [0.4, 0.5) is 4.79 Å². The summed E-state index contributed by atoms with van der Waals surface area (Å²) in [7, 11) is 0. The standard InChI is InChI=1S/C11H20BrN3O3/c1-11(2,3)15-5-4-14(9(16)6-12)7-8(15)13-10(17)18/h8,13H,4-7H2,1-3H3,(H,17,18). The minimum atomic E-state index is -1.07. The predicted molar refractivity (Wildman–Crippen MR) is 71.8 cm³/mol. The number of nitrogens with zero attached hydrogens (tertiary/aromatic N) is 2. The fourth-order valence-corrected chi connectivity index (χ4v) is 2.52. The number of amides is 2. The van der Waals surface area contributed by atoms with Gasteiger partial charge in [-0.3, -0.25) is 9.69 Å². The Morgan fingerprint density at radius 3 is 2.44 bits per heavy atom. The first-order valence-electron chi connectivity index (χ1n) is 5.85. The number of carbonyl (C=O) groups excluding carboxylic acids is 1. The molecule has 0 aromatic rings. The third-order valence-corrected chi connectivity index (χ3v) is 3.48. The predicted octanol–water partition coefficient (Wildman–Crippen LogP) is 0.918. The second kappa shape index (κ2) is 5.88. The lowest BCUT2D eigenvalue weighted by molar-refractivity contribution is -0.133. The highest BCUT2D eigenvalue weighted by atomic mass is 79.9. The van der Waals surface area contributed by atoms with Crippen LogP contribution in [0, 0.1) is 0 Å². The van der Waals surface area contributed by atoms with E-state index in [1.54, 1.807) is 4.90 Å². The zero-order valence-corrected chi connectivity index (χ0v) is 12.5. The summed E-state index contributed by atoms with van der Waals surface area (Å²) in [5.74, 6) is -0.0132. The van der Waals surface area contributed by atoms with Crippen LogP contribution in [0.15, 0.2) is 0 Å². The van der Waals surface area contributed by atoms with Crippen molar-refractivity contribution >= 4 is 27.9 Å². The molecule has 7 heteroatoms. The van der Waals surface area contributed by atoms with Gasteiger partial charge in [0.15, 0.2) is 0 Å². The van der Waals surface area contributed by atoms with Crippen LogP contribution in [-0.4, -0.2) is 63.6 Å². The van der Waals surface area contributed by atoms with Gasteiger partial charge in [-0.2, -0.15) is 0 Å². The van der Waals surface area contributed by atoms with E-state index in [2.05, 4.69) is 26.1 Å². The number of carbonyl (C=O) groups is 2. The smallest absolute Gasteiger partial charge is 0.405 e. The lowest BCUT2D eigenvalue weighted by Crippen LogP contribution is -2.65. The Balaban J connectivity index is 2.79. The van der Waals surface area contributed by atoms with Crippen LogP contribution in [0.3, 0.4) is 0 Å². The zero-order chi connectivity index (χ0) is 13.9. The molecule has 6 nitrogen and oxygen atoms in total. The molecule has 1 heterocycles. The SMILES string of the molecule is CC(C)(C)N1CCN(C(=O)CBr)CC1NC(=O)O. The number of nitrogens with one attached hydrogen (secondary N) is 1. The number of hydrogen-bond acceptors (Lipinski definition) is 3. The van der Waals surface area contributed by atoms with Gasteiger partial charge < -0.3 is 15.3 Å². The summed E-state index contributed by atoms with van der Waals surface area (Å²) < 4.78 is 0. The maximum atomic E-state index is 11.6. The van der Waals surface area contributed by atoms with Crippen molar-refractivity contribution in [3.63, 3.8) is 0 Å². The monoisotopic (exact) mass is 321 g/mol. The summed E-state index contributed by atoms with van der Waals surface area (Å²) in [5, 5.41) is 11.6. The fraction of sp³-hybridized carbons (Fsp3) is 0.818. The Bertz CT molecular complexity index is 330. The molecular formula is C11H20BrN3O3. The molecule has 1 atom stereocenters. The molecule has 0 aliphatic carbocycles. The molecule has 104 valence electrons. The summed E-state index contributed by atoms with van der Waals surface area (Å²) in [6, 6.07) is 0. The molecule has 0 radical (unpaired) electrons. The molecule has 0 spiro atoms. The van der Waals surface area contributed by atoms with Crippen LogP contribution in [-0.2, 0) is 4.79 Å². The molecule has 1 fully saturated rings. The van der Waals surface area contributed by atoms with E-state index in [1.807, 2.05) is 20.8 Å². The highest BCUT2D eigenvalue weighted by Crippen LogP contribution is 2.20. The van der Waals surface area contributed by atoms with Gasteiger partial charge in [0.2, 0.25) is 5.91 Å². The molecule has 0 aromatic heterocycles.